The molecule has 0 aliphatic heterocycles. The van der Waals surface area contributed by atoms with E-state index in [0.717, 1.165) is 6.07 Å². The molecule has 0 heterocycles. The smallest absolute Gasteiger partial charge is 0.321 e. The van der Waals surface area contributed by atoms with Crippen molar-refractivity contribution in [1.29, 1.82) is 0 Å². The zero-order chi connectivity index (χ0) is 16.2. The SMILES string of the molecule is CCC[C@H](NS(=O)(=O)c1ccc(F)c([N+](=O)[O-])c1)C(=O)O. The van der Waals surface area contributed by atoms with E-state index in [0.29, 0.717) is 18.6 Å². The van der Waals surface area contributed by atoms with Gasteiger partial charge in [0.2, 0.25) is 15.8 Å². The number of carbonyl (C=O) groups is 1. The van der Waals surface area contributed by atoms with Crippen molar-refractivity contribution in [2.24, 2.45) is 0 Å². The van der Waals surface area contributed by atoms with Gasteiger partial charge in [0.1, 0.15) is 6.04 Å². The first-order valence-corrected chi connectivity index (χ1v) is 7.36. The number of nitro groups is 1. The Morgan fingerprint density at radius 3 is 2.62 bits per heavy atom. The maximum absolute atomic E-state index is 13.2. The molecule has 0 aromatic heterocycles. The predicted octanol–water partition coefficient (Wildman–Crippen LogP) is 1.27. The zero-order valence-corrected chi connectivity index (χ0v) is 11.8. The highest BCUT2D eigenvalue weighted by Crippen LogP contribution is 2.21. The third-order valence-corrected chi connectivity index (χ3v) is 4.07. The average molecular weight is 320 g/mol. The van der Waals surface area contributed by atoms with Crippen LogP contribution in [0.4, 0.5) is 10.1 Å². The number of nitrogens with zero attached hydrogens (tertiary/aromatic N) is 1. The molecule has 1 atom stereocenters. The van der Waals surface area contributed by atoms with Crippen molar-refractivity contribution < 1.29 is 27.6 Å². The third-order valence-electron chi connectivity index (χ3n) is 2.60. The summed E-state index contributed by atoms with van der Waals surface area (Å²) in [5, 5.41) is 19.5. The molecule has 1 aromatic carbocycles. The number of aliphatic carboxylic acids is 1. The summed E-state index contributed by atoms with van der Waals surface area (Å²) >= 11 is 0. The minimum Gasteiger partial charge on any atom is -0.480 e. The normalized spacial score (nSPS) is 12.9. The van der Waals surface area contributed by atoms with Crippen molar-refractivity contribution in [2.75, 3.05) is 0 Å². The van der Waals surface area contributed by atoms with Crippen molar-refractivity contribution >= 4 is 21.7 Å². The van der Waals surface area contributed by atoms with Crippen LogP contribution < -0.4 is 4.72 Å². The third kappa shape index (κ3) is 4.20. The molecule has 0 radical (unpaired) electrons. The molecule has 2 N–H and O–H groups in total. The van der Waals surface area contributed by atoms with Crippen LogP contribution in [0, 0.1) is 15.9 Å². The summed E-state index contributed by atoms with van der Waals surface area (Å²) in [6, 6.07) is 0.657. The maximum atomic E-state index is 13.2. The lowest BCUT2D eigenvalue weighted by Crippen LogP contribution is -2.40. The van der Waals surface area contributed by atoms with Crippen LogP contribution in [0.2, 0.25) is 0 Å². The predicted molar refractivity (Wildman–Crippen MR) is 69.7 cm³/mol. The maximum Gasteiger partial charge on any atom is 0.321 e. The van der Waals surface area contributed by atoms with E-state index in [4.69, 9.17) is 5.11 Å². The first kappa shape index (κ1) is 17.0. The van der Waals surface area contributed by atoms with Gasteiger partial charge in [0.25, 0.3) is 0 Å². The largest absolute Gasteiger partial charge is 0.480 e. The number of nitro benzene ring substituents is 1. The van der Waals surface area contributed by atoms with Crippen LogP contribution >= 0.6 is 0 Å². The van der Waals surface area contributed by atoms with E-state index in [1.807, 2.05) is 4.72 Å². The van der Waals surface area contributed by atoms with E-state index in [1.165, 1.54) is 0 Å². The van der Waals surface area contributed by atoms with Gasteiger partial charge in [-0.1, -0.05) is 13.3 Å². The van der Waals surface area contributed by atoms with Crippen molar-refractivity contribution in [3.63, 3.8) is 0 Å². The summed E-state index contributed by atoms with van der Waals surface area (Å²) < 4.78 is 39.1. The van der Waals surface area contributed by atoms with Gasteiger partial charge in [-0.15, -0.1) is 0 Å². The molecule has 0 aliphatic rings. The average Bonchev–Trinajstić information content (AvgIpc) is 2.37. The number of halogens is 1. The van der Waals surface area contributed by atoms with Crippen LogP contribution in [-0.2, 0) is 14.8 Å². The highest BCUT2D eigenvalue weighted by atomic mass is 32.2. The lowest BCUT2D eigenvalue weighted by atomic mass is 10.2. The van der Waals surface area contributed by atoms with Crippen LogP contribution in [0.25, 0.3) is 0 Å². The van der Waals surface area contributed by atoms with Gasteiger partial charge in [-0.3, -0.25) is 14.9 Å². The standard InChI is InChI=1S/C11H13FN2O6S/c1-2-3-9(11(15)16)13-21(19,20)7-4-5-8(12)10(6-7)14(17)18/h4-6,9,13H,2-3H2,1H3,(H,15,16)/t9-/m0/s1. The summed E-state index contributed by atoms with van der Waals surface area (Å²) in [5.74, 6) is -2.54. The van der Waals surface area contributed by atoms with Gasteiger partial charge in [-0.25, -0.2) is 8.42 Å². The first-order valence-electron chi connectivity index (χ1n) is 5.88. The van der Waals surface area contributed by atoms with Gasteiger partial charge >= 0.3 is 11.7 Å². The van der Waals surface area contributed by atoms with Crippen LogP contribution in [0.3, 0.4) is 0 Å². The van der Waals surface area contributed by atoms with Crippen LogP contribution in [0.1, 0.15) is 19.8 Å². The van der Waals surface area contributed by atoms with Crippen molar-refractivity contribution in [3.05, 3.63) is 34.1 Å². The Bertz CT molecular complexity index is 661. The molecule has 0 aliphatic carbocycles. The minimum absolute atomic E-state index is 0.0534. The summed E-state index contributed by atoms with van der Waals surface area (Å²) in [6.45, 7) is 1.67. The van der Waals surface area contributed by atoms with E-state index < -0.39 is 43.4 Å². The number of carboxylic acids is 1. The van der Waals surface area contributed by atoms with Gasteiger partial charge < -0.3 is 5.11 Å². The fourth-order valence-corrected chi connectivity index (χ4v) is 2.82. The molecule has 0 spiro atoms. The lowest BCUT2D eigenvalue weighted by Gasteiger charge is -2.13. The fraction of sp³-hybridized carbons (Fsp3) is 0.364. The van der Waals surface area contributed by atoms with Crippen LogP contribution in [0.5, 0.6) is 0 Å². The topological polar surface area (TPSA) is 127 Å². The Morgan fingerprint density at radius 2 is 2.14 bits per heavy atom. The first-order chi connectivity index (χ1) is 9.69. The number of benzene rings is 1. The van der Waals surface area contributed by atoms with Gasteiger partial charge in [0.05, 0.1) is 9.82 Å². The second-order valence-corrected chi connectivity index (χ2v) is 5.89. The Hall–Kier alpha value is -2.07. The molecule has 116 valence electrons. The molecule has 0 saturated carbocycles. The van der Waals surface area contributed by atoms with E-state index in [1.54, 1.807) is 6.92 Å². The number of hydrogen-bond acceptors (Lipinski definition) is 5. The molecule has 0 saturated heterocycles. The number of hydrogen-bond donors (Lipinski definition) is 2. The highest BCUT2D eigenvalue weighted by molar-refractivity contribution is 7.89. The molecule has 8 nitrogen and oxygen atoms in total. The van der Waals surface area contributed by atoms with Crippen molar-refractivity contribution in [2.45, 2.75) is 30.7 Å². The molecule has 0 fully saturated rings. The van der Waals surface area contributed by atoms with Crippen molar-refractivity contribution in [3.8, 4) is 0 Å². The number of carboxylic acid groups (broad SMARTS) is 1. The second kappa shape index (κ2) is 6.59. The summed E-state index contributed by atoms with van der Waals surface area (Å²) in [5.41, 5.74) is -1.000. The van der Waals surface area contributed by atoms with Crippen LogP contribution in [0.15, 0.2) is 23.1 Å². The molecule has 0 amide bonds. The highest BCUT2D eigenvalue weighted by Gasteiger charge is 2.27. The van der Waals surface area contributed by atoms with Gasteiger partial charge in [0.15, 0.2) is 0 Å². The zero-order valence-electron chi connectivity index (χ0n) is 10.9. The van der Waals surface area contributed by atoms with Crippen molar-refractivity contribution in [1.82, 2.24) is 4.72 Å². The van der Waals surface area contributed by atoms with E-state index in [2.05, 4.69) is 0 Å². The van der Waals surface area contributed by atoms with E-state index in [-0.39, 0.29) is 6.42 Å². The van der Waals surface area contributed by atoms with Gasteiger partial charge in [0, 0.05) is 6.07 Å². The molecule has 21 heavy (non-hydrogen) atoms. The number of sulfonamides is 1. The second-order valence-electron chi connectivity index (χ2n) is 4.17. The van der Waals surface area contributed by atoms with Gasteiger partial charge in [-0.2, -0.15) is 9.11 Å². The lowest BCUT2D eigenvalue weighted by molar-refractivity contribution is -0.387. The summed E-state index contributed by atoms with van der Waals surface area (Å²) in [7, 11) is -4.30. The minimum atomic E-state index is -4.30. The monoisotopic (exact) mass is 320 g/mol. The Morgan fingerprint density at radius 1 is 1.52 bits per heavy atom. The molecule has 10 heteroatoms. The fourth-order valence-electron chi connectivity index (χ4n) is 1.58. The Labute approximate surface area is 119 Å². The molecule has 0 bridgehead atoms. The van der Waals surface area contributed by atoms with Crippen LogP contribution in [-0.4, -0.2) is 30.5 Å². The Kier molecular flexibility index (Phi) is 5.33. The summed E-state index contributed by atoms with van der Waals surface area (Å²) in [4.78, 5) is 19.9. The molecule has 1 rings (SSSR count). The summed E-state index contributed by atoms with van der Waals surface area (Å²) in [6.07, 6.45) is 0.473. The molecular weight excluding hydrogens is 307 g/mol. The number of rotatable bonds is 7. The molecular formula is C11H13FN2O6S. The molecule has 1 aromatic rings. The number of nitrogens with one attached hydrogen (secondary N) is 1. The Balaban J connectivity index is 3.16. The molecule has 0 unspecified atom stereocenters. The van der Waals surface area contributed by atoms with Gasteiger partial charge in [-0.05, 0) is 18.6 Å². The van der Waals surface area contributed by atoms with E-state index in [9.17, 15) is 27.7 Å². The van der Waals surface area contributed by atoms with E-state index >= 15 is 0 Å². The quantitative estimate of drug-likeness (QED) is 0.575.